The van der Waals surface area contributed by atoms with Crippen molar-refractivity contribution in [1.29, 1.82) is 0 Å². The predicted molar refractivity (Wildman–Crippen MR) is 97.4 cm³/mol. The fourth-order valence-electron chi connectivity index (χ4n) is 2.37. The SMILES string of the molecule is COc1ccc(C)cc1Nc1ccc(C(=O)Nc2c(F)cccc2F)nn1. The van der Waals surface area contributed by atoms with Crippen LogP contribution < -0.4 is 15.4 Å². The first-order chi connectivity index (χ1) is 13.0. The molecule has 2 N–H and O–H groups in total. The van der Waals surface area contributed by atoms with Crippen LogP contribution in [0.2, 0.25) is 0 Å². The lowest BCUT2D eigenvalue weighted by Crippen LogP contribution is -2.16. The van der Waals surface area contributed by atoms with Gasteiger partial charge in [-0.25, -0.2) is 8.78 Å². The minimum atomic E-state index is -0.874. The zero-order valence-corrected chi connectivity index (χ0v) is 14.6. The van der Waals surface area contributed by atoms with Crippen LogP contribution in [0.4, 0.5) is 26.0 Å². The lowest BCUT2D eigenvalue weighted by atomic mass is 10.2. The summed E-state index contributed by atoms with van der Waals surface area (Å²) in [5, 5.41) is 12.9. The standard InChI is InChI=1S/C19H16F2N4O2/c1-11-6-8-16(27-2)15(10-11)22-17-9-7-14(24-25-17)19(26)23-18-12(20)4-3-5-13(18)21/h3-10H,1-2H3,(H,22,25)(H,23,26). The number of hydrogen-bond acceptors (Lipinski definition) is 5. The van der Waals surface area contributed by atoms with E-state index in [1.807, 2.05) is 25.1 Å². The number of nitrogens with one attached hydrogen (secondary N) is 2. The van der Waals surface area contributed by atoms with E-state index in [0.717, 1.165) is 17.7 Å². The van der Waals surface area contributed by atoms with Gasteiger partial charge in [0.05, 0.1) is 12.8 Å². The molecule has 138 valence electrons. The second kappa shape index (κ2) is 7.77. The monoisotopic (exact) mass is 370 g/mol. The van der Waals surface area contributed by atoms with E-state index >= 15 is 0 Å². The summed E-state index contributed by atoms with van der Waals surface area (Å²) in [5.41, 5.74) is 1.10. The van der Waals surface area contributed by atoms with Gasteiger partial charge in [-0.05, 0) is 48.9 Å². The van der Waals surface area contributed by atoms with E-state index in [1.165, 1.54) is 18.2 Å². The van der Waals surface area contributed by atoms with Crippen LogP contribution in [-0.2, 0) is 0 Å². The summed E-state index contributed by atoms with van der Waals surface area (Å²) < 4.78 is 32.5. The Morgan fingerprint density at radius 1 is 1.04 bits per heavy atom. The summed E-state index contributed by atoms with van der Waals surface area (Å²) in [6, 6.07) is 11.8. The average molecular weight is 370 g/mol. The molecule has 0 spiro atoms. The fourth-order valence-corrected chi connectivity index (χ4v) is 2.37. The quantitative estimate of drug-likeness (QED) is 0.708. The van der Waals surface area contributed by atoms with Gasteiger partial charge in [-0.3, -0.25) is 4.79 Å². The Kier molecular flexibility index (Phi) is 5.25. The second-order valence-corrected chi connectivity index (χ2v) is 5.68. The van der Waals surface area contributed by atoms with Gasteiger partial charge >= 0.3 is 0 Å². The van der Waals surface area contributed by atoms with Crippen molar-refractivity contribution in [3.05, 3.63) is 71.4 Å². The maximum Gasteiger partial charge on any atom is 0.276 e. The van der Waals surface area contributed by atoms with Crippen molar-refractivity contribution in [2.24, 2.45) is 0 Å². The number of halogens is 2. The molecule has 0 aliphatic carbocycles. The van der Waals surface area contributed by atoms with Gasteiger partial charge in [0.15, 0.2) is 11.5 Å². The molecule has 0 aliphatic rings. The van der Waals surface area contributed by atoms with Crippen LogP contribution in [0, 0.1) is 18.6 Å². The van der Waals surface area contributed by atoms with Crippen LogP contribution in [0.1, 0.15) is 16.1 Å². The van der Waals surface area contributed by atoms with Crippen LogP contribution in [-0.4, -0.2) is 23.2 Å². The van der Waals surface area contributed by atoms with Crippen molar-refractivity contribution in [3.63, 3.8) is 0 Å². The predicted octanol–water partition coefficient (Wildman–Crippen LogP) is 4.07. The molecule has 0 aliphatic heterocycles. The number of benzene rings is 2. The third-order valence-corrected chi connectivity index (χ3v) is 3.72. The normalized spacial score (nSPS) is 10.4. The Balaban J connectivity index is 1.76. The van der Waals surface area contributed by atoms with E-state index < -0.39 is 23.2 Å². The van der Waals surface area contributed by atoms with Crippen molar-refractivity contribution < 1.29 is 18.3 Å². The lowest BCUT2D eigenvalue weighted by molar-refractivity contribution is 0.102. The lowest BCUT2D eigenvalue weighted by Gasteiger charge is -2.11. The Morgan fingerprint density at radius 2 is 1.78 bits per heavy atom. The number of ether oxygens (including phenoxy) is 1. The van der Waals surface area contributed by atoms with Crippen LogP contribution in [0.25, 0.3) is 0 Å². The zero-order chi connectivity index (χ0) is 19.4. The van der Waals surface area contributed by atoms with Crippen LogP contribution in [0.3, 0.4) is 0 Å². The number of carbonyl (C=O) groups is 1. The average Bonchev–Trinajstić information content (AvgIpc) is 2.65. The number of para-hydroxylation sites is 1. The molecule has 0 saturated heterocycles. The molecule has 0 fully saturated rings. The minimum Gasteiger partial charge on any atom is -0.495 e. The Bertz CT molecular complexity index is 958. The molecule has 1 heterocycles. The van der Waals surface area contributed by atoms with Gasteiger partial charge in [0.1, 0.15) is 23.1 Å². The number of methoxy groups -OCH3 is 1. The molecule has 0 atom stereocenters. The number of rotatable bonds is 5. The van der Waals surface area contributed by atoms with E-state index in [4.69, 9.17) is 4.74 Å². The van der Waals surface area contributed by atoms with Gasteiger partial charge < -0.3 is 15.4 Å². The molecule has 6 nitrogen and oxygen atoms in total. The molecule has 1 amide bonds. The first-order valence-electron chi connectivity index (χ1n) is 7.98. The number of hydrogen-bond donors (Lipinski definition) is 2. The summed E-state index contributed by atoms with van der Waals surface area (Å²) in [6.45, 7) is 1.94. The number of aromatic nitrogens is 2. The second-order valence-electron chi connectivity index (χ2n) is 5.68. The van der Waals surface area contributed by atoms with Gasteiger partial charge in [-0.1, -0.05) is 12.1 Å². The number of carbonyl (C=O) groups excluding carboxylic acids is 1. The maximum absolute atomic E-state index is 13.6. The highest BCUT2D eigenvalue weighted by molar-refractivity contribution is 6.02. The van der Waals surface area contributed by atoms with Crippen LogP contribution in [0.5, 0.6) is 5.75 Å². The Morgan fingerprint density at radius 3 is 2.41 bits per heavy atom. The first kappa shape index (κ1) is 18.2. The molecule has 3 aromatic rings. The zero-order valence-electron chi connectivity index (χ0n) is 14.6. The summed E-state index contributed by atoms with van der Waals surface area (Å²) in [7, 11) is 1.55. The molecular formula is C19H16F2N4O2. The molecule has 8 heteroatoms. The Hall–Kier alpha value is -3.55. The van der Waals surface area contributed by atoms with Crippen molar-refractivity contribution in [1.82, 2.24) is 10.2 Å². The molecule has 1 aromatic heterocycles. The highest BCUT2D eigenvalue weighted by Crippen LogP contribution is 2.27. The number of nitrogens with zero attached hydrogens (tertiary/aromatic N) is 2. The molecule has 27 heavy (non-hydrogen) atoms. The molecule has 0 saturated carbocycles. The van der Waals surface area contributed by atoms with Gasteiger partial charge in [0, 0.05) is 0 Å². The van der Waals surface area contributed by atoms with Gasteiger partial charge in [-0.15, -0.1) is 10.2 Å². The fraction of sp³-hybridized carbons (Fsp3) is 0.105. The smallest absolute Gasteiger partial charge is 0.276 e. The summed E-state index contributed by atoms with van der Waals surface area (Å²) >= 11 is 0. The van der Waals surface area contributed by atoms with Crippen molar-refractivity contribution >= 4 is 23.1 Å². The number of anilines is 3. The number of amides is 1. The highest BCUT2D eigenvalue weighted by atomic mass is 19.1. The summed E-state index contributed by atoms with van der Waals surface area (Å²) in [6.07, 6.45) is 0. The topological polar surface area (TPSA) is 76.1 Å². The van der Waals surface area contributed by atoms with Gasteiger partial charge in [-0.2, -0.15) is 0 Å². The highest BCUT2D eigenvalue weighted by Gasteiger charge is 2.15. The molecular weight excluding hydrogens is 354 g/mol. The van der Waals surface area contributed by atoms with E-state index in [-0.39, 0.29) is 5.69 Å². The molecule has 0 bridgehead atoms. The largest absolute Gasteiger partial charge is 0.495 e. The van der Waals surface area contributed by atoms with Crippen molar-refractivity contribution in [2.75, 3.05) is 17.7 Å². The van der Waals surface area contributed by atoms with Crippen molar-refractivity contribution in [2.45, 2.75) is 6.92 Å². The van der Waals surface area contributed by atoms with Gasteiger partial charge in [0.25, 0.3) is 5.91 Å². The number of aryl methyl sites for hydroxylation is 1. The van der Waals surface area contributed by atoms with E-state index in [1.54, 1.807) is 7.11 Å². The molecule has 3 rings (SSSR count). The molecule has 2 aromatic carbocycles. The van der Waals surface area contributed by atoms with Crippen LogP contribution in [0.15, 0.2) is 48.5 Å². The van der Waals surface area contributed by atoms with Crippen LogP contribution >= 0.6 is 0 Å². The van der Waals surface area contributed by atoms with E-state index in [2.05, 4.69) is 20.8 Å². The minimum absolute atomic E-state index is 0.0839. The molecule has 0 radical (unpaired) electrons. The Labute approximate surface area is 154 Å². The maximum atomic E-state index is 13.6. The summed E-state index contributed by atoms with van der Waals surface area (Å²) in [4.78, 5) is 12.1. The third kappa shape index (κ3) is 4.17. The summed E-state index contributed by atoms with van der Waals surface area (Å²) in [5.74, 6) is -1.51. The van der Waals surface area contributed by atoms with Gasteiger partial charge in [0.2, 0.25) is 0 Å². The molecule has 0 unspecified atom stereocenters. The van der Waals surface area contributed by atoms with E-state index in [0.29, 0.717) is 17.3 Å². The third-order valence-electron chi connectivity index (χ3n) is 3.72. The van der Waals surface area contributed by atoms with E-state index in [9.17, 15) is 13.6 Å². The first-order valence-corrected chi connectivity index (χ1v) is 7.98. The van der Waals surface area contributed by atoms with Crippen molar-refractivity contribution in [3.8, 4) is 5.75 Å².